The summed E-state index contributed by atoms with van der Waals surface area (Å²) in [6, 6.07) is 0. The molecule has 0 aromatic heterocycles. The summed E-state index contributed by atoms with van der Waals surface area (Å²) < 4.78 is 0. The zero-order valence-electron chi connectivity index (χ0n) is 26.5. The molecule has 0 radical (unpaired) electrons. The summed E-state index contributed by atoms with van der Waals surface area (Å²) in [6.07, 6.45) is 46.3. The van der Waals surface area contributed by atoms with Crippen LogP contribution in [0.15, 0.2) is 12.7 Å². The Morgan fingerprint density at radius 1 is 0.351 bits per heavy atom. The highest BCUT2D eigenvalue weighted by molar-refractivity contribution is 4.65. The van der Waals surface area contributed by atoms with Crippen molar-refractivity contribution in [3.05, 3.63) is 12.7 Å². The van der Waals surface area contributed by atoms with E-state index in [2.05, 4.69) is 20.4 Å². The van der Waals surface area contributed by atoms with E-state index in [4.69, 9.17) is 5.73 Å². The zero-order chi connectivity index (χ0) is 27.3. The summed E-state index contributed by atoms with van der Waals surface area (Å²) in [6.45, 7) is 9.21. The van der Waals surface area contributed by atoms with Crippen LogP contribution in [0.2, 0.25) is 0 Å². The predicted octanol–water partition coefficient (Wildman–Crippen LogP) is 13.3. The molecule has 0 saturated heterocycles. The molecule has 0 aromatic carbocycles. The Kier molecular flexibility index (Phi) is 42.2. The van der Waals surface area contributed by atoms with Crippen molar-refractivity contribution in [3.8, 4) is 0 Å². The fourth-order valence-electron chi connectivity index (χ4n) is 5.18. The number of unbranched alkanes of at least 4 members (excludes halogenated alkanes) is 29. The van der Waals surface area contributed by atoms with Crippen LogP contribution in [0.25, 0.3) is 0 Å². The molecular formula is C36H75N. The van der Waals surface area contributed by atoms with Crippen molar-refractivity contribution in [2.75, 3.05) is 6.54 Å². The number of allylic oxidation sites excluding steroid dienone is 1. The summed E-state index contributed by atoms with van der Waals surface area (Å²) in [5, 5.41) is 0. The van der Waals surface area contributed by atoms with Gasteiger partial charge in [0.2, 0.25) is 0 Å². The van der Waals surface area contributed by atoms with Crippen LogP contribution in [0.5, 0.6) is 0 Å². The van der Waals surface area contributed by atoms with Gasteiger partial charge in [0.1, 0.15) is 0 Å². The molecule has 0 amide bonds. The van der Waals surface area contributed by atoms with E-state index in [9.17, 15) is 0 Å². The van der Waals surface area contributed by atoms with E-state index < -0.39 is 0 Å². The standard InChI is InChI=1S/C18H39N.C18H36/c1-2-3-4-5-6-7-8-9-10-11-12-13-14-15-16-17-18-19;1-3-5-7-9-11-13-15-17-18-16-14-12-10-8-6-4-2/h2-19H2,1H3;3H,1,4-18H2,2H3. The third-order valence-corrected chi connectivity index (χ3v) is 7.82. The van der Waals surface area contributed by atoms with Crippen molar-refractivity contribution in [2.45, 2.75) is 213 Å². The quantitative estimate of drug-likeness (QED) is 0.0712. The minimum atomic E-state index is 0.873. The minimum Gasteiger partial charge on any atom is -0.330 e. The largest absolute Gasteiger partial charge is 0.330 e. The van der Waals surface area contributed by atoms with Crippen molar-refractivity contribution < 1.29 is 0 Å². The Bertz CT molecular complexity index is 348. The van der Waals surface area contributed by atoms with Crippen molar-refractivity contribution in [2.24, 2.45) is 5.73 Å². The maximum Gasteiger partial charge on any atom is -0.00773 e. The summed E-state index contributed by atoms with van der Waals surface area (Å²) in [4.78, 5) is 0. The Labute approximate surface area is 237 Å². The summed E-state index contributed by atoms with van der Waals surface area (Å²) in [7, 11) is 0. The van der Waals surface area contributed by atoms with Crippen molar-refractivity contribution in [1.82, 2.24) is 0 Å². The molecule has 0 atom stereocenters. The molecule has 224 valence electrons. The Hall–Kier alpha value is -0.300. The second-order valence-electron chi connectivity index (χ2n) is 11.8. The second kappa shape index (κ2) is 40.2. The monoisotopic (exact) mass is 522 g/mol. The highest BCUT2D eigenvalue weighted by Crippen LogP contribution is 2.14. The summed E-state index contributed by atoms with van der Waals surface area (Å²) >= 11 is 0. The average Bonchev–Trinajstić information content (AvgIpc) is 2.91. The summed E-state index contributed by atoms with van der Waals surface area (Å²) in [5.41, 5.74) is 5.48. The lowest BCUT2D eigenvalue weighted by molar-refractivity contribution is 0.530. The van der Waals surface area contributed by atoms with Gasteiger partial charge >= 0.3 is 0 Å². The van der Waals surface area contributed by atoms with E-state index in [1.165, 1.54) is 199 Å². The molecule has 0 aliphatic rings. The minimum absolute atomic E-state index is 0.873. The third kappa shape index (κ3) is 43.0. The first-order valence-electron chi connectivity index (χ1n) is 17.6. The van der Waals surface area contributed by atoms with Crippen LogP contribution in [0, 0.1) is 0 Å². The molecule has 0 bridgehead atoms. The van der Waals surface area contributed by atoms with E-state index >= 15 is 0 Å². The molecular weight excluding hydrogens is 446 g/mol. The highest BCUT2D eigenvalue weighted by atomic mass is 14.5. The average molecular weight is 522 g/mol. The lowest BCUT2D eigenvalue weighted by Gasteiger charge is -2.03. The predicted molar refractivity (Wildman–Crippen MR) is 174 cm³/mol. The van der Waals surface area contributed by atoms with Gasteiger partial charge in [-0.25, -0.2) is 0 Å². The Morgan fingerprint density at radius 2 is 0.568 bits per heavy atom. The normalized spacial score (nSPS) is 10.9. The van der Waals surface area contributed by atoms with Gasteiger partial charge in [0.05, 0.1) is 0 Å². The van der Waals surface area contributed by atoms with Crippen LogP contribution in [-0.4, -0.2) is 6.54 Å². The van der Waals surface area contributed by atoms with Crippen LogP contribution in [0.1, 0.15) is 213 Å². The van der Waals surface area contributed by atoms with Gasteiger partial charge in [-0.05, 0) is 25.8 Å². The molecule has 2 N–H and O–H groups in total. The fourth-order valence-corrected chi connectivity index (χ4v) is 5.18. The number of hydrogen-bond acceptors (Lipinski definition) is 1. The van der Waals surface area contributed by atoms with Gasteiger partial charge in [0.15, 0.2) is 0 Å². The zero-order valence-corrected chi connectivity index (χ0v) is 26.5. The van der Waals surface area contributed by atoms with Gasteiger partial charge in [0.25, 0.3) is 0 Å². The topological polar surface area (TPSA) is 26.0 Å². The van der Waals surface area contributed by atoms with Gasteiger partial charge < -0.3 is 5.73 Å². The van der Waals surface area contributed by atoms with Gasteiger partial charge in [0, 0.05) is 0 Å². The second-order valence-corrected chi connectivity index (χ2v) is 11.8. The van der Waals surface area contributed by atoms with Gasteiger partial charge in [-0.1, -0.05) is 200 Å². The molecule has 0 rings (SSSR count). The lowest BCUT2D eigenvalue weighted by Crippen LogP contribution is -1.97. The summed E-state index contributed by atoms with van der Waals surface area (Å²) in [5.74, 6) is 0. The molecule has 0 fully saturated rings. The van der Waals surface area contributed by atoms with Crippen LogP contribution in [0.4, 0.5) is 0 Å². The molecule has 0 heterocycles. The van der Waals surface area contributed by atoms with Crippen molar-refractivity contribution in [1.29, 1.82) is 0 Å². The third-order valence-electron chi connectivity index (χ3n) is 7.82. The molecule has 0 spiro atoms. The molecule has 0 aromatic rings. The maximum absolute atomic E-state index is 5.48. The van der Waals surface area contributed by atoms with Crippen molar-refractivity contribution in [3.63, 3.8) is 0 Å². The highest BCUT2D eigenvalue weighted by Gasteiger charge is 1.95. The molecule has 0 saturated carbocycles. The van der Waals surface area contributed by atoms with Gasteiger partial charge in [-0.2, -0.15) is 0 Å². The first-order chi connectivity index (χ1) is 18.3. The van der Waals surface area contributed by atoms with Crippen LogP contribution >= 0.6 is 0 Å². The molecule has 0 aliphatic heterocycles. The van der Waals surface area contributed by atoms with Crippen LogP contribution in [-0.2, 0) is 0 Å². The Balaban J connectivity index is 0. The number of hydrogen-bond donors (Lipinski definition) is 1. The molecule has 1 heteroatoms. The number of rotatable bonds is 31. The van der Waals surface area contributed by atoms with Crippen LogP contribution < -0.4 is 5.73 Å². The molecule has 37 heavy (non-hydrogen) atoms. The van der Waals surface area contributed by atoms with Crippen molar-refractivity contribution >= 4 is 0 Å². The van der Waals surface area contributed by atoms with E-state index in [0.29, 0.717) is 0 Å². The van der Waals surface area contributed by atoms with Crippen LogP contribution in [0.3, 0.4) is 0 Å². The Morgan fingerprint density at radius 3 is 0.784 bits per heavy atom. The van der Waals surface area contributed by atoms with E-state index in [1.54, 1.807) is 0 Å². The van der Waals surface area contributed by atoms with E-state index in [-0.39, 0.29) is 0 Å². The SMILES string of the molecule is C=CCCCCCCCCCCCCCCCC.CCCCCCCCCCCCCCCCCCN. The molecule has 0 aliphatic carbocycles. The number of nitrogens with two attached hydrogens (primary N) is 1. The van der Waals surface area contributed by atoms with E-state index in [1.807, 2.05) is 6.08 Å². The fraction of sp³-hybridized carbons (Fsp3) is 0.944. The van der Waals surface area contributed by atoms with E-state index in [0.717, 1.165) is 6.54 Å². The lowest BCUT2D eigenvalue weighted by atomic mass is 10.0. The van der Waals surface area contributed by atoms with Gasteiger partial charge in [-0.15, -0.1) is 6.58 Å². The van der Waals surface area contributed by atoms with Gasteiger partial charge in [-0.3, -0.25) is 0 Å². The maximum atomic E-state index is 5.48. The first kappa shape index (κ1) is 38.8. The molecule has 0 unspecified atom stereocenters. The smallest absolute Gasteiger partial charge is 0.00773 e. The first-order valence-corrected chi connectivity index (χ1v) is 17.6. The molecule has 1 nitrogen and oxygen atoms in total.